The number of hydrogen-bond acceptors (Lipinski definition) is 10. The lowest BCUT2D eigenvalue weighted by Crippen LogP contribution is -2.64. The van der Waals surface area contributed by atoms with E-state index >= 15 is 0 Å². The van der Waals surface area contributed by atoms with Gasteiger partial charge in [0.1, 0.15) is 23.7 Å². The largest absolute Gasteiger partial charge is 0.487 e. The molecule has 10 nitrogen and oxygen atoms in total. The van der Waals surface area contributed by atoms with Gasteiger partial charge < -0.3 is 34.6 Å². The molecule has 0 spiro atoms. The lowest BCUT2D eigenvalue weighted by Gasteiger charge is -2.58. The SMILES string of the molecule is C=CCO[C@@]12Oc3ccc(OCc4cccc(C)n4)cc3[C@H]3[C@H](CCCCO)[C@@H](CCCCO)C=C(C(=NOC(C)(C)C)C[C@@H]1Sc1ccc(NC(C)=O)cc1)[C@H]32. The number of fused-ring (bicyclic) bond motifs is 2. The zero-order valence-corrected chi connectivity index (χ0v) is 34.9. The van der Waals surface area contributed by atoms with Crippen molar-refractivity contribution in [3.63, 3.8) is 0 Å². The molecule has 3 aromatic rings. The van der Waals surface area contributed by atoms with E-state index in [1.54, 1.807) is 17.8 Å². The molecule has 2 aliphatic carbocycles. The fourth-order valence-electron chi connectivity index (χ4n) is 8.53. The zero-order chi connectivity index (χ0) is 40.6. The van der Waals surface area contributed by atoms with Crippen molar-refractivity contribution in [1.29, 1.82) is 0 Å². The number of aryl methyl sites for hydroxylation is 1. The summed E-state index contributed by atoms with van der Waals surface area (Å²) in [4.78, 5) is 23.7. The molecular formula is C46H59N3O7S. The van der Waals surface area contributed by atoms with Gasteiger partial charge in [0.25, 0.3) is 0 Å². The molecule has 3 N–H and O–H groups in total. The lowest BCUT2D eigenvalue weighted by molar-refractivity contribution is -0.223. The van der Waals surface area contributed by atoms with Crippen LogP contribution in [0.4, 0.5) is 5.69 Å². The number of unbranched alkanes of at least 4 members (excludes halogenated alkanes) is 2. The topological polar surface area (TPSA) is 132 Å². The smallest absolute Gasteiger partial charge is 0.231 e. The molecule has 306 valence electrons. The summed E-state index contributed by atoms with van der Waals surface area (Å²) in [5.41, 5.74) is 5.00. The Morgan fingerprint density at radius 3 is 2.51 bits per heavy atom. The summed E-state index contributed by atoms with van der Waals surface area (Å²) in [5.74, 6) is 0.216. The normalized spacial score (nSPS) is 24.4. The number of allylic oxidation sites excluding steroid dienone is 1. The Bertz CT molecular complexity index is 1910. The maximum absolute atomic E-state index is 11.8. The van der Waals surface area contributed by atoms with Crippen LogP contribution in [0.15, 0.2) is 95.0 Å². The predicted molar refractivity (Wildman–Crippen MR) is 226 cm³/mol. The van der Waals surface area contributed by atoms with Crippen molar-refractivity contribution in [2.24, 2.45) is 22.9 Å². The van der Waals surface area contributed by atoms with Gasteiger partial charge >= 0.3 is 0 Å². The summed E-state index contributed by atoms with van der Waals surface area (Å²) in [6.07, 6.45) is 9.65. The van der Waals surface area contributed by atoms with Gasteiger partial charge in [0.05, 0.1) is 29.2 Å². The number of carbonyl (C=O) groups excluding carboxylic acids is 1. The van der Waals surface area contributed by atoms with E-state index in [2.05, 4.69) is 29.0 Å². The Morgan fingerprint density at radius 2 is 1.82 bits per heavy atom. The average Bonchev–Trinajstić information content (AvgIpc) is 3.17. The number of benzene rings is 2. The van der Waals surface area contributed by atoms with Crippen LogP contribution >= 0.6 is 11.8 Å². The number of rotatable bonds is 18. The van der Waals surface area contributed by atoms with E-state index in [9.17, 15) is 15.0 Å². The number of anilines is 1. The fourth-order valence-corrected chi connectivity index (χ4v) is 9.82. The molecule has 0 unspecified atom stereocenters. The Labute approximate surface area is 342 Å². The summed E-state index contributed by atoms with van der Waals surface area (Å²) in [5, 5.41) is 27.3. The second-order valence-corrected chi connectivity index (χ2v) is 17.6. The van der Waals surface area contributed by atoms with Gasteiger partial charge in [0.2, 0.25) is 11.7 Å². The van der Waals surface area contributed by atoms with Crippen molar-refractivity contribution in [3.8, 4) is 11.5 Å². The van der Waals surface area contributed by atoms with Gasteiger partial charge in [-0.15, -0.1) is 18.3 Å². The first-order valence-corrected chi connectivity index (χ1v) is 21.2. The first-order chi connectivity index (χ1) is 27.4. The number of thioether (sulfide) groups is 1. The van der Waals surface area contributed by atoms with Crippen molar-refractivity contribution in [3.05, 3.63) is 102 Å². The van der Waals surface area contributed by atoms with Crippen LogP contribution in [0, 0.1) is 24.7 Å². The summed E-state index contributed by atoms with van der Waals surface area (Å²) in [6.45, 7) is 14.4. The van der Waals surface area contributed by atoms with Crippen LogP contribution in [-0.4, -0.2) is 63.3 Å². The molecule has 0 radical (unpaired) electrons. The third-order valence-corrected chi connectivity index (χ3v) is 12.2. The Hall–Kier alpha value is -4.16. The van der Waals surface area contributed by atoms with E-state index in [-0.39, 0.29) is 54.6 Å². The highest BCUT2D eigenvalue weighted by atomic mass is 32.2. The Balaban J connectivity index is 1.52. The number of carbonyl (C=O) groups is 1. The highest BCUT2D eigenvalue weighted by Gasteiger charge is 2.64. The van der Waals surface area contributed by atoms with Crippen molar-refractivity contribution in [2.45, 2.75) is 114 Å². The van der Waals surface area contributed by atoms with Crippen molar-refractivity contribution >= 4 is 29.1 Å². The third-order valence-electron chi connectivity index (χ3n) is 10.8. The molecule has 57 heavy (non-hydrogen) atoms. The number of oxime groups is 1. The number of hydrogen-bond donors (Lipinski definition) is 3. The first-order valence-electron chi connectivity index (χ1n) is 20.3. The number of aliphatic hydroxyl groups excluding tert-OH is 2. The number of pyridine rings is 1. The number of nitrogens with zero attached hydrogens (tertiary/aromatic N) is 2. The van der Waals surface area contributed by atoms with Crippen molar-refractivity contribution in [1.82, 2.24) is 4.98 Å². The van der Waals surface area contributed by atoms with Gasteiger partial charge in [-0.25, -0.2) is 0 Å². The second-order valence-electron chi connectivity index (χ2n) is 16.3. The van der Waals surface area contributed by atoms with E-state index in [1.165, 1.54) is 6.92 Å². The molecular weight excluding hydrogens is 739 g/mol. The maximum Gasteiger partial charge on any atom is 0.231 e. The number of amides is 1. The zero-order valence-electron chi connectivity index (χ0n) is 34.0. The van der Waals surface area contributed by atoms with Gasteiger partial charge in [-0.1, -0.05) is 36.2 Å². The van der Waals surface area contributed by atoms with Crippen LogP contribution in [0.5, 0.6) is 11.5 Å². The molecule has 6 rings (SSSR count). The molecule has 2 aromatic carbocycles. The molecule has 1 saturated carbocycles. The Morgan fingerprint density at radius 1 is 1.07 bits per heavy atom. The maximum atomic E-state index is 11.8. The molecule has 0 bridgehead atoms. The highest BCUT2D eigenvalue weighted by Crippen LogP contribution is 2.63. The van der Waals surface area contributed by atoms with E-state index in [4.69, 9.17) is 24.2 Å². The minimum Gasteiger partial charge on any atom is -0.487 e. The van der Waals surface area contributed by atoms with Gasteiger partial charge in [-0.05, 0) is 125 Å². The molecule has 1 fully saturated rings. The molecule has 1 aromatic heterocycles. The van der Waals surface area contributed by atoms with Crippen LogP contribution < -0.4 is 14.8 Å². The monoisotopic (exact) mass is 797 g/mol. The summed E-state index contributed by atoms with van der Waals surface area (Å²) < 4.78 is 20.8. The van der Waals surface area contributed by atoms with Crippen LogP contribution in [0.2, 0.25) is 0 Å². The predicted octanol–water partition coefficient (Wildman–Crippen LogP) is 9.15. The summed E-state index contributed by atoms with van der Waals surface area (Å²) >= 11 is 1.67. The number of aliphatic hydroxyl groups is 2. The molecule has 1 aliphatic heterocycles. The minimum absolute atomic E-state index is 0.0672. The van der Waals surface area contributed by atoms with Crippen LogP contribution in [0.1, 0.15) is 95.5 Å². The number of aromatic nitrogens is 1. The van der Waals surface area contributed by atoms with Crippen molar-refractivity contribution in [2.75, 3.05) is 25.1 Å². The molecule has 0 saturated heterocycles. The van der Waals surface area contributed by atoms with E-state index in [1.807, 2.05) is 82.3 Å². The van der Waals surface area contributed by atoms with Gasteiger partial charge in [0.15, 0.2) is 0 Å². The lowest BCUT2D eigenvalue weighted by atomic mass is 9.56. The number of ether oxygens (including phenoxy) is 3. The second kappa shape index (κ2) is 19.1. The molecule has 3 aliphatic rings. The Kier molecular flexibility index (Phi) is 14.2. The third kappa shape index (κ3) is 10.3. The summed E-state index contributed by atoms with van der Waals surface area (Å²) in [7, 11) is 0. The average molecular weight is 798 g/mol. The standard InChI is InChI=1S/C46H59N3O7S/c1-7-25-54-46-42(57-36-20-17-33(18-21-36)48-31(3)52)28-40(49-56-45(4,5)6)38-26-32(14-8-10-23-50)37(16-9-11-24-51)43(44(38)46)39-27-35(19-22-41(39)55-46)53-29-34-15-12-13-30(2)47-34/h7,12-13,15,17-22,26-27,32,37,42-44,50-51H,1,8-11,14,16,23-25,28-29H2,2-6H3,(H,48,52)/t32-,37+,42-,43+,44+,46+/m0/s1. The fraction of sp³-hybridized carbons (Fsp3) is 0.500. The van der Waals surface area contributed by atoms with Crippen LogP contribution in [-0.2, 0) is 21.0 Å². The highest BCUT2D eigenvalue weighted by molar-refractivity contribution is 8.00. The summed E-state index contributed by atoms with van der Waals surface area (Å²) in [6, 6.07) is 19.9. The number of nitrogens with one attached hydrogen (secondary N) is 1. The molecule has 1 amide bonds. The molecule has 2 heterocycles. The van der Waals surface area contributed by atoms with Gasteiger partial charge in [-0.2, -0.15) is 0 Å². The van der Waals surface area contributed by atoms with E-state index < -0.39 is 11.4 Å². The van der Waals surface area contributed by atoms with Gasteiger partial charge in [-0.3, -0.25) is 9.78 Å². The van der Waals surface area contributed by atoms with Crippen molar-refractivity contribution < 1.29 is 34.1 Å². The van der Waals surface area contributed by atoms with Gasteiger partial charge in [0, 0.05) is 54.3 Å². The van der Waals surface area contributed by atoms with Crippen LogP contribution in [0.3, 0.4) is 0 Å². The molecule has 6 atom stereocenters. The molecule has 11 heteroatoms. The first kappa shape index (κ1) is 42.4. The minimum atomic E-state index is -1.13. The van der Waals surface area contributed by atoms with E-state index in [0.29, 0.717) is 19.4 Å². The quantitative estimate of drug-likeness (QED) is 0.0655. The van der Waals surface area contributed by atoms with Crippen LogP contribution in [0.25, 0.3) is 0 Å². The van der Waals surface area contributed by atoms with E-state index in [0.717, 1.165) is 82.4 Å².